The van der Waals surface area contributed by atoms with E-state index < -0.39 is 11.6 Å². The molecule has 2 heterocycles. The summed E-state index contributed by atoms with van der Waals surface area (Å²) in [5.41, 5.74) is -1.03. The Balaban J connectivity index is 2.02. The first-order valence-electron chi connectivity index (χ1n) is 6.26. The van der Waals surface area contributed by atoms with E-state index in [1.807, 2.05) is 12.1 Å². The van der Waals surface area contributed by atoms with E-state index in [9.17, 15) is 9.90 Å². The first kappa shape index (κ1) is 14.6. The van der Waals surface area contributed by atoms with Gasteiger partial charge in [-0.2, -0.15) is 0 Å². The van der Waals surface area contributed by atoms with Gasteiger partial charge in [0.25, 0.3) is 0 Å². The number of nitrogens with zero attached hydrogens (tertiary/aromatic N) is 1. The summed E-state index contributed by atoms with van der Waals surface area (Å²) in [6.07, 6.45) is 0.982. The van der Waals surface area contributed by atoms with Crippen LogP contribution in [0.25, 0.3) is 0 Å². The second-order valence-corrected chi connectivity index (χ2v) is 5.64. The van der Waals surface area contributed by atoms with E-state index in [2.05, 4.69) is 27.8 Å². The highest BCUT2D eigenvalue weighted by atomic mass is 79.9. The third kappa shape index (κ3) is 2.85. The molecule has 1 saturated heterocycles. The highest BCUT2D eigenvalue weighted by Crippen LogP contribution is 2.32. The van der Waals surface area contributed by atoms with Gasteiger partial charge < -0.3 is 14.3 Å². The zero-order chi connectivity index (χ0) is 14.0. The molecule has 0 saturated carbocycles. The number of halogens is 1. The van der Waals surface area contributed by atoms with Crippen molar-refractivity contribution in [3.05, 3.63) is 22.6 Å². The number of carboxylic acid groups (broad SMARTS) is 1. The second-order valence-electron chi connectivity index (χ2n) is 4.86. The molecule has 0 radical (unpaired) electrons. The van der Waals surface area contributed by atoms with Crippen molar-refractivity contribution in [1.29, 1.82) is 0 Å². The maximum atomic E-state index is 11.3. The van der Waals surface area contributed by atoms with Crippen molar-refractivity contribution in [3.8, 4) is 0 Å². The lowest BCUT2D eigenvalue weighted by Crippen LogP contribution is -2.51. The van der Waals surface area contributed by atoms with Crippen molar-refractivity contribution in [1.82, 2.24) is 4.90 Å². The van der Waals surface area contributed by atoms with Crippen LogP contribution in [0.3, 0.4) is 0 Å². The standard InChI is InChI=1S/C13H18BrNO4/c1-9(10-3-4-11(14)19-10)15-7-5-13(18-2,6-8-15)12(16)17/h3-4,9H,5-8H2,1-2H3,(H,16,17). The quantitative estimate of drug-likeness (QED) is 0.918. The lowest BCUT2D eigenvalue weighted by molar-refractivity contribution is -0.169. The van der Waals surface area contributed by atoms with Gasteiger partial charge in [0, 0.05) is 20.2 Å². The molecule has 2 rings (SSSR count). The monoisotopic (exact) mass is 331 g/mol. The molecule has 1 aliphatic heterocycles. The summed E-state index contributed by atoms with van der Waals surface area (Å²) in [7, 11) is 1.47. The number of carbonyl (C=O) groups is 1. The molecule has 1 aromatic heterocycles. The number of aliphatic carboxylic acids is 1. The zero-order valence-corrected chi connectivity index (χ0v) is 12.6. The minimum Gasteiger partial charge on any atom is -0.479 e. The van der Waals surface area contributed by atoms with Crippen LogP contribution >= 0.6 is 15.9 Å². The number of hydrogen-bond acceptors (Lipinski definition) is 4. The van der Waals surface area contributed by atoms with Crippen LogP contribution in [0.2, 0.25) is 0 Å². The van der Waals surface area contributed by atoms with Crippen LogP contribution in [-0.4, -0.2) is 41.8 Å². The average Bonchev–Trinajstić information content (AvgIpc) is 2.84. The number of carboxylic acids is 1. The van der Waals surface area contributed by atoms with E-state index in [1.54, 1.807) is 0 Å². The predicted molar refractivity (Wildman–Crippen MR) is 73.0 cm³/mol. The van der Waals surface area contributed by atoms with Gasteiger partial charge in [-0.1, -0.05) is 0 Å². The molecule has 1 aliphatic rings. The van der Waals surface area contributed by atoms with Crippen LogP contribution in [0, 0.1) is 0 Å². The molecular formula is C13H18BrNO4. The Morgan fingerprint density at radius 2 is 2.16 bits per heavy atom. The summed E-state index contributed by atoms with van der Waals surface area (Å²) in [6, 6.07) is 3.94. The molecule has 0 bridgehead atoms. The maximum absolute atomic E-state index is 11.3. The first-order chi connectivity index (χ1) is 8.98. The number of piperidine rings is 1. The fraction of sp³-hybridized carbons (Fsp3) is 0.615. The van der Waals surface area contributed by atoms with E-state index >= 15 is 0 Å². The number of rotatable bonds is 4. The SMILES string of the molecule is COC1(C(=O)O)CCN(C(C)c2ccc(Br)o2)CC1. The Hall–Kier alpha value is -0.850. The van der Waals surface area contributed by atoms with Crippen LogP contribution in [0.5, 0.6) is 0 Å². The maximum Gasteiger partial charge on any atom is 0.336 e. The van der Waals surface area contributed by atoms with Gasteiger partial charge in [-0.25, -0.2) is 4.79 Å². The van der Waals surface area contributed by atoms with Crippen molar-refractivity contribution in [2.24, 2.45) is 0 Å². The van der Waals surface area contributed by atoms with Gasteiger partial charge >= 0.3 is 5.97 Å². The number of furan rings is 1. The minimum atomic E-state index is -1.03. The lowest BCUT2D eigenvalue weighted by atomic mass is 9.90. The topological polar surface area (TPSA) is 62.9 Å². The molecule has 19 heavy (non-hydrogen) atoms. The van der Waals surface area contributed by atoms with Gasteiger partial charge in [-0.05, 0) is 47.8 Å². The van der Waals surface area contributed by atoms with Crippen LogP contribution in [0.1, 0.15) is 31.6 Å². The van der Waals surface area contributed by atoms with E-state index in [0.29, 0.717) is 30.6 Å². The fourth-order valence-electron chi connectivity index (χ4n) is 2.51. The number of ether oxygens (including phenoxy) is 1. The molecule has 1 fully saturated rings. The van der Waals surface area contributed by atoms with Crippen LogP contribution in [0.4, 0.5) is 0 Å². The molecule has 0 aliphatic carbocycles. The zero-order valence-electron chi connectivity index (χ0n) is 11.1. The van der Waals surface area contributed by atoms with Gasteiger partial charge in [0.2, 0.25) is 0 Å². The molecule has 6 heteroatoms. The largest absolute Gasteiger partial charge is 0.479 e. The molecule has 1 atom stereocenters. The Kier molecular flexibility index (Phi) is 4.32. The minimum absolute atomic E-state index is 0.134. The van der Waals surface area contributed by atoms with Crippen LogP contribution < -0.4 is 0 Å². The molecule has 5 nitrogen and oxygen atoms in total. The smallest absolute Gasteiger partial charge is 0.336 e. The highest BCUT2D eigenvalue weighted by molar-refractivity contribution is 9.10. The van der Waals surface area contributed by atoms with Crippen molar-refractivity contribution < 1.29 is 19.1 Å². The predicted octanol–water partition coefficient (Wildman–Crippen LogP) is 2.67. The number of methoxy groups -OCH3 is 1. The Labute approximate surface area is 120 Å². The summed E-state index contributed by atoms with van der Waals surface area (Å²) < 4.78 is 11.5. The Morgan fingerprint density at radius 3 is 2.58 bits per heavy atom. The van der Waals surface area contributed by atoms with Gasteiger partial charge in [-0.3, -0.25) is 4.90 Å². The average molecular weight is 332 g/mol. The third-order valence-electron chi connectivity index (χ3n) is 3.94. The third-order valence-corrected chi connectivity index (χ3v) is 4.37. The van der Waals surface area contributed by atoms with Crippen molar-refractivity contribution >= 4 is 21.9 Å². The Bertz CT molecular complexity index is 451. The summed E-state index contributed by atoms with van der Waals surface area (Å²) in [6.45, 7) is 3.42. The first-order valence-corrected chi connectivity index (χ1v) is 7.05. The Morgan fingerprint density at radius 1 is 1.53 bits per heavy atom. The molecule has 1 aromatic rings. The van der Waals surface area contributed by atoms with E-state index in [4.69, 9.17) is 9.15 Å². The molecule has 0 spiro atoms. The van der Waals surface area contributed by atoms with E-state index in [0.717, 1.165) is 5.76 Å². The van der Waals surface area contributed by atoms with Gasteiger partial charge in [0.1, 0.15) is 5.76 Å². The molecule has 1 N–H and O–H groups in total. The van der Waals surface area contributed by atoms with Gasteiger partial charge in [0.05, 0.1) is 6.04 Å². The summed E-state index contributed by atoms with van der Waals surface area (Å²) in [5, 5.41) is 9.27. The van der Waals surface area contributed by atoms with Gasteiger partial charge in [0.15, 0.2) is 10.3 Å². The van der Waals surface area contributed by atoms with Crippen molar-refractivity contribution in [3.63, 3.8) is 0 Å². The summed E-state index contributed by atoms with van der Waals surface area (Å²) >= 11 is 3.29. The fourth-order valence-corrected chi connectivity index (χ4v) is 2.83. The summed E-state index contributed by atoms with van der Waals surface area (Å²) in [5.74, 6) is 0.00941. The molecular weight excluding hydrogens is 314 g/mol. The lowest BCUT2D eigenvalue weighted by Gasteiger charge is -2.39. The molecule has 106 valence electrons. The van der Waals surface area contributed by atoms with Crippen LogP contribution in [0.15, 0.2) is 21.2 Å². The van der Waals surface area contributed by atoms with Crippen molar-refractivity contribution in [2.45, 2.75) is 31.4 Å². The second kappa shape index (κ2) is 5.64. The van der Waals surface area contributed by atoms with Crippen LogP contribution in [-0.2, 0) is 9.53 Å². The number of likely N-dealkylation sites (tertiary alicyclic amines) is 1. The molecule has 1 unspecified atom stereocenters. The van der Waals surface area contributed by atoms with E-state index in [1.165, 1.54) is 7.11 Å². The molecule has 0 amide bonds. The molecule has 0 aromatic carbocycles. The highest BCUT2D eigenvalue weighted by Gasteiger charge is 2.42. The van der Waals surface area contributed by atoms with E-state index in [-0.39, 0.29) is 6.04 Å². The van der Waals surface area contributed by atoms with Crippen molar-refractivity contribution in [2.75, 3.05) is 20.2 Å². The van der Waals surface area contributed by atoms with Gasteiger partial charge in [-0.15, -0.1) is 0 Å². The normalized spacial score (nSPS) is 21.2. The summed E-state index contributed by atoms with van der Waals surface area (Å²) in [4.78, 5) is 13.5. The number of hydrogen-bond donors (Lipinski definition) is 1.